The fraction of sp³-hybridized carbons (Fsp3) is 0.571. The molecule has 0 saturated heterocycles. The second-order valence-electron chi connectivity index (χ2n) is 9.44. The van der Waals surface area contributed by atoms with Gasteiger partial charge in [-0.15, -0.1) is 0 Å². The summed E-state index contributed by atoms with van der Waals surface area (Å²) in [5.74, 6) is 1.19. The van der Waals surface area contributed by atoms with E-state index in [-0.39, 0.29) is 0 Å². The van der Waals surface area contributed by atoms with Gasteiger partial charge in [0.05, 0.1) is 6.33 Å². The summed E-state index contributed by atoms with van der Waals surface area (Å²) >= 11 is 0. The number of allylic oxidation sites excluding steroid dienone is 5. The standard InChI is InChI=1S/C24H34.C7H12N2.2C2H6/c1-6-9-12-20-14-15-22-17-18(4)13-16-23(22)24(19(20)5)21(10-7-2)11-8-3;1-2-3-4-7-5-8-6-9-7;2*1-2/h6,9,12-13,16-17,21,24H,5,7-8,10-11,14-15H2,1-4H3;5-6H,2-4H2,1H3,(H,8,9);2*1-2H3/b9-6-,20-12-;;;. The molecule has 0 spiro atoms. The fourth-order valence-corrected chi connectivity index (χ4v) is 5.02. The average Bonchev–Trinajstić information content (AvgIpc) is 3.41. The first kappa shape index (κ1) is 34.6. The van der Waals surface area contributed by atoms with Crippen LogP contribution >= 0.6 is 0 Å². The van der Waals surface area contributed by atoms with Crippen molar-refractivity contribution < 1.29 is 0 Å². The second kappa shape index (κ2) is 21.7. The van der Waals surface area contributed by atoms with Crippen molar-refractivity contribution in [1.29, 1.82) is 0 Å². The molecule has 0 fully saturated rings. The zero-order valence-corrected chi connectivity index (χ0v) is 25.8. The smallest absolute Gasteiger partial charge is 0.0921 e. The highest BCUT2D eigenvalue weighted by atomic mass is 14.9. The molecule has 2 aromatic rings. The SMILES string of the molecule is C=C1/C(=C\C=C/C)CCc2cc(C)ccc2C1C(CCC)CCC.CC.CC.CCCCc1cnc[nH]1. The highest BCUT2D eigenvalue weighted by Crippen LogP contribution is 2.44. The Balaban J connectivity index is 0.000000829. The molecule has 3 rings (SSSR count). The number of aromatic amines is 1. The molecule has 0 saturated carbocycles. The van der Waals surface area contributed by atoms with Gasteiger partial charge < -0.3 is 4.98 Å². The molecule has 2 heteroatoms. The van der Waals surface area contributed by atoms with Crippen molar-refractivity contribution in [2.45, 2.75) is 126 Å². The van der Waals surface area contributed by atoms with E-state index in [0.717, 1.165) is 19.3 Å². The maximum Gasteiger partial charge on any atom is 0.0921 e. The quantitative estimate of drug-likeness (QED) is 0.336. The van der Waals surface area contributed by atoms with Crippen molar-refractivity contribution in [3.8, 4) is 0 Å². The lowest BCUT2D eigenvalue weighted by molar-refractivity contribution is 0.394. The zero-order valence-electron chi connectivity index (χ0n) is 25.8. The predicted molar refractivity (Wildman–Crippen MR) is 167 cm³/mol. The molecule has 0 aliphatic heterocycles. The molecule has 2 nitrogen and oxygen atoms in total. The van der Waals surface area contributed by atoms with Crippen LogP contribution in [0.4, 0.5) is 0 Å². The van der Waals surface area contributed by atoms with E-state index in [4.69, 9.17) is 0 Å². The Kier molecular flexibility index (Phi) is 20.3. The van der Waals surface area contributed by atoms with Gasteiger partial charge in [-0.05, 0) is 80.6 Å². The van der Waals surface area contributed by atoms with Crippen LogP contribution < -0.4 is 0 Å². The maximum absolute atomic E-state index is 4.59. The third-order valence-corrected chi connectivity index (χ3v) is 6.72. The highest BCUT2D eigenvalue weighted by molar-refractivity contribution is 5.48. The molecule has 0 amide bonds. The van der Waals surface area contributed by atoms with E-state index in [1.165, 1.54) is 60.9 Å². The van der Waals surface area contributed by atoms with Crippen LogP contribution in [0.25, 0.3) is 0 Å². The van der Waals surface area contributed by atoms with Gasteiger partial charge in [0.25, 0.3) is 0 Å². The number of unbranched alkanes of at least 4 members (excludes halogenated alkanes) is 1. The monoisotopic (exact) mass is 506 g/mol. The zero-order chi connectivity index (χ0) is 28.1. The van der Waals surface area contributed by atoms with E-state index in [1.54, 1.807) is 17.5 Å². The molecule has 1 atom stereocenters. The summed E-state index contributed by atoms with van der Waals surface area (Å²) in [6, 6.07) is 7.08. The van der Waals surface area contributed by atoms with Crippen LogP contribution in [-0.4, -0.2) is 9.97 Å². The van der Waals surface area contributed by atoms with Gasteiger partial charge in [0.2, 0.25) is 0 Å². The van der Waals surface area contributed by atoms with Gasteiger partial charge in [-0.1, -0.05) is 116 Å². The van der Waals surface area contributed by atoms with Gasteiger partial charge in [0.15, 0.2) is 0 Å². The predicted octanol–water partition coefficient (Wildman–Crippen LogP) is 11.1. The van der Waals surface area contributed by atoms with Crippen molar-refractivity contribution in [1.82, 2.24) is 9.97 Å². The Bertz CT molecular complexity index is 880. The van der Waals surface area contributed by atoms with Crippen LogP contribution in [0.2, 0.25) is 0 Å². The van der Waals surface area contributed by atoms with E-state index in [1.807, 2.05) is 33.9 Å². The van der Waals surface area contributed by atoms with Gasteiger partial charge in [-0.2, -0.15) is 0 Å². The molecule has 0 radical (unpaired) electrons. The van der Waals surface area contributed by atoms with E-state index in [9.17, 15) is 0 Å². The lowest BCUT2D eigenvalue weighted by Crippen LogP contribution is -2.16. The number of aryl methyl sites for hydroxylation is 3. The molecule has 37 heavy (non-hydrogen) atoms. The topological polar surface area (TPSA) is 28.7 Å². The third kappa shape index (κ3) is 12.2. The molecule has 0 bridgehead atoms. The average molecular weight is 507 g/mol. The van der Waals surface area contributed by atoms with Crippen molar-refractivity contribution in [2.24, 2.45) is 5.92 Å². The highest BCUT2D eigenvalue weighted by Gasteiger charge is 2.30. The van der Waals surface area contributed by atoms with E-state index < -0.39 is 0 Å². The molecule has 1 heterocycles. The minimum Gasteiger partial charge on any atom is -0.348 e. The van der Waals surface area contributed by atoms with Gasteiger partial charge >= 0.3 is 0 Å². The van der Waals surface area contributed by atoms with Crippen molar-refractivity contribution in [3.05, 3.63) is 89.1 Å². The van der Waals surface area contributed by atoms with Crippen LogP contribution in [0, 0.1) is 12.8 Å². The number of fused-ring (bicyclic) bond motifs is 1. The van der Waals surface area contributed by atoms with Crippen LogP contribution in [0.1, 0.15) is 129 Å². The van der Waals surface area contributed by atoms with E-state index in [2.05, 4.69) is 87.6 Å². The molecule has 1 aromatic heterocycles. The number of H-pyrrole nitrogens is 1. The first-order chi connectivity index (χ1) is 18.0. The summed E-state index contributed by atoms with van der Waals surface area (Å²) < 4.78 is 0. The summed E-state index contributed by atoms with van der Waals surface area (Å²) in [7, 11) is 0. The molecule has 1 unspecified atom stereocenters. The maximum atomic E-state index is 4.59. The first-order valence-electron chi connectivity index (χ1n) is 15.1. The summed E-state index contributed by atoms with van der Waals surface area (Å²) in [4.78, 5) is 6.98. The Labute approximate surface area is 230 Å². The molecule has 1 aliphatic rings. The summed E-state index contributed by atoms with van der Waals surface area (Å²) in [6.45, 7) is 23.7. The third-order valence-electron chi connectivity index (χ3n) is 6.72. The van der Waals surface area contributed by atoms with Gasteiger partial charge in [0, 0.05) is 17.8 Å². The lowest BCUT2D eigenvalue weighted by atomic mass is 9.74. The molecule has 1 N–H and O–H groups in total. The Hall–Kier alpha value is -2.35. The van der Waals surface area contributed by atoms with Crippen LogP contribution in [0.3, 0.4) is 0 Å². The van der Waals surface area contributed by atoms with Gasteiger partial charge in [-0.3, -0.25) is 0 Å². The fourth-order valence-electron chi connectivity index (χ4n) is 5.02. The Morgan fingerprint density at radius 1 is 1.03 bits per heavy atom. The van der Waals surface area contributed by atoms with Crippen LogP contribution in [0.15, 0.2) is 66.7 Å². The Morgan fingerprint density at radius 2 is 1.70 bits per heavy atom. The van der Waals surface area contributed by atoms with E-state index >= 15 is 0 Å². The number of imidazole rings is 1. The number of rotatable bonds is 9. The van der Waals surface area contributed by atoms with Crippen molar-refractivity contribution in [2.75, 3.05) is 0 Å². The minimum atomic E-state index is 0.486. The minimum absolute atomic E-state index is 0.486. The van der Waals surface area contributed by atoms with Gasteiger partial charge in [0.1, 0.15) is 0 Å². The Morgan fingerprint density at radius 3 is 2.24 bits per heavy atom. The van der Waals surface area contributed by atoms with Crippen molar-refractivity contribution in [3.63, 3.8) is 0 Å². The summed E-state index contributed by atoms with van der Waals surface area (Å²) in [5.41, 5.74) is 8.52. The summed E-state index contributed by atoms with van der Waals surface area (Å²) in [6.07, 6.45) is 21.2. The number of hydrogen-bond acceptors (Lipinski definition) is 1. The number of nitrogens with zero attached hydrogens (tertiary/aromatic N) is 1. The first-order valence-corrected chi connectivity index (χ1v) is 15.1. The molecular weight excluding hydrogens is 448 g/mol. The van der Waals surface area contributed by atoms with E-state index in [0.29, 0.717) is 11.8 Å². The lowest BCUT2D eigenvalue weighted by Gasteiger charge is -2.30. The van der Waals surface area contributed by atoms with Gasteiger partial charge in [-0.25, -0.2) is 4.98 Å². The van der Waals surface area contributed by atoms with Crippen LogP contribution in [-0.2, 0) is 12.8 Å². The summed E-state index contributed by atoms with van der Waals surface area (Å²) in [5, 5.41) is 0. The second-order valence-corrected chi connectivity index (χ2v) is 9.44. The number of aromatic nitrogens is 2. The number of hydrogen-bond donors (Lipinski definition) is 1. The normalized spacial score (nSPS) is 15.7. The molecule has 1 aliphatic carbocycles. The number of nitrogens with one attached hydrogen (secondary N) is 1. The molecule has 1 aromatic carbocycles. The van der Waals surface area contributed by atoms with Crippen molar-refractivity contribution >= 4 is 0 Å². The van der Waals surface area contributed by atoms with Crippen LogP contribution in [0.5, 0.6) is 0 Å². The molecule has 208 valence electrons. The largest absolute Gasteiger partial charge is 0.348 e. The number of benzene rings is 1. The molecular formula is C35H58N2.